The zero-order valence-electron chi connectivity index (χ0n) is 13.1. The molecule has 22 heavy (non-hydrogen) atoms. The van der Waals surface area contributed by atoms with Crippen LogP contribution in [-0.2, 0) is 11.3 Å². The third kappa shape index (κ3) is 3.19. The first-order valence-corrected chi connectivity index (χ1v) is 7.91. The normalized spacial score (nSPS) is 23.1. The SMILES string of the molecule is Cc1cc2oc(=O)cc(CN3C[C@@H](C)O[C@H](C)C3)c2cc1Cl. The fraction of sp³-hybridized carbons (Fsp3) is 0.471. The molecule has 5 heteroatoms. The van der Waals surface area contributed by atoms with Crippen LogP contribution >= 0.6 is 11.6 Å². The van der Waals surface area contributed by atoms with Crippen molar-refractivity contribution < 1.29 is 9.15 Å². The fourth-order valence-electron chi connectivity index (χ4n) is 3.13. The lowest BCUT2D eigenvalue weighted by Crippen LogP contribution is -2.44. The van der Waals surface area contributed by atoms with Crippen molar-refractivity contribution in [3.05, 3.63) is 44.8 Å². The number of halogens is 1. The van der Waals surface area contributed by atoms with E-state index in [0.717, 1.165) is 29.6 Å². The molecule has 0 bridgehead atoms. The van der Waals surface area contributed by atoms with E-state index in [1.807, 2.05) is 19.1 Å². The summed E-state index contributed by atoms with van der Waals surface area (Å²) in [4.78, 5) is 14.1. The molecule has 1 aromatic carbocycles. The van der Waals surface area contributed by atoms with Crippen molar-refractivity contribution in [1.82, 2.24) is 4.90 Å². The highest BCUT2D eigenvalue weighted by Gasteiger charge is 2.23. The number of hydrogen-bond donors (Lipinski definition) is 0. The average molecular weight is 322 g/mol. The van der Waals surface area contributed by atoms with E-state index in [1.54, 1.807) is 6.07 Å². The lowest BCUT2D eigenvalue weighted by Gasteiger charge is -2.35. The second kappa shape index (κ2) is 6.03. The van der Waals surface area contributed by atoms with Crippen LogP contribution in [0.25, 0.3) is 11.0 Å². The number of benzene rings is 1. The van der Waals surface area contributed by atoms with Gasteiger partial charge < -0.3 is 9.15 Å². The second-order valence-electron chi connectivity index (χ2n) is 6.14. The lowest BCUT2D eigenvalue weighted by molar-refractivity contribution is -0.0704. The van der Waals surface area contributed by atoms with E-state index in [9.17, 15) is 4.79 Å². The highest BCUT2D eigenvalue weighted by molar-refractivity contribution is 6.32. The molecule has 2 aromatic rings. The Kier molecular flexibility index (Phi) is 4.26. The summed E-state index contributed by atoms with van der Waals surface area (Å²) in [6, 6.07) is 5.28. The van der Waals surface area contributed by atoms with Gasteiger partial charge in [-0.15, -0.1) is 0 Å². The molecule has 0 saturated carbocycles. The van der Waals surface area contributed by atoms with Crippen molar-refractivity contribution in [2.45, 2.75) is 39.5 Å². The maximum Gasteiger partial charge on any atom is 0.336 e. The van der Waals surface area contributed by atoms with Crippen LogP contribution in [0, 0.1) is 6.92 Å². The molecule has 4 nitrogen and oxygen atoms in total. The van der Waals surface area contributed by atoms with Gasteiger partial charge >= 0.3 is 5.63 Å². The average Bonchev–Trinajstić information content (AvgIpc) is 2.39. The third-order valence-corrected chi connectivity index (χ3v) is 4.41. The van der Waals surface area contributed by atoms with E-state index in [4.69, 9.17) is 20.8 Å². The van der Waals surface area contributed by atoms with Gasteiger partial charge in [0.25, 0.3) is 0 Å². The number of aryl methyl sites for hydroxylation is 1. The van der Waals surface area contributed by atoms with Crippen LogP contribution in [0.15, 0.2) is 27.4 Å². The Labute approximate surface area is 134 Å². The molecule has 0 N–H and O–H groups in total. The molecule has 0 unspecified atom stereocenters. The highest BCUT2D eigenvalue weighted by atomic mass is 35.5. The number of fused-ring (bicyclic) bond motifs is 1. The van der Waals surface area contributed by atoms with E-state index < -0.39 is 0 Å². The first-order valence-electron chi connectivity index (χ1n) is 7.53. The quantitative estimate of drug-likeness (QED) is 0.795. The number of nitrogens with zero attached hydrogens (tertiary/aromatic N) is 1. The van der Waals surface area contributed by atoms with Crippen molar-refractivity contribution >= 4 is 22.6 Å². The maximum atomic E-state index is 11.8. The largest absolute Gasteiger partial charge is 0.423 e. The molecule has 1 aromatic heterocycles. The Morgan fingerprint density at radius 2 is 1.91 bits per heavy atom. The smallest absolute Gasteiger partial charge is 0.336 e. The lowest BCUT2D eigenvalue weighted by atomic mass is 10.1. The minimum Gasteiger partial charge on any atom is -0.423 e. The Morgan fingerprint density at radius 1 is 1.23 bits per heavy atom. The summed E-state index contributed by atoms with van der Waals surface area (Å²) < 4.78 is 11.1. The summed E-state index contributed by atoms with van der Waals surface area (Å²) >= 11 is 6.24. The zero-order valence-corrected chi connectivity index (χ0v) is 13.8. The molecule has 1 fully saturated rings. The Bertz CT molecular complexity index is 745. The van der Waals surface area contributed by atoms with Crippen molar-refractivity contribution in [2.75, 3.05) is 13.1 Å². The number of morpholine rings is 1. The topological polar surface area (TPSA) is 42.7 Å². The van der Waals surface area contributed by atoms with Gasteiger partial charge in [-0.05, 0) is 44.0 Å². The van der Waals surface area contributed by atoms with Crippen molar-refractivity contribution in [3.63, 3.8) is 0 Å². The monoisotopic (exact) mass is 321 g/mol. The minimum atomic E-state index is -0.321. The summed E-state index contributed by atoms with van der Waals surface area (Å²) in [6.07, 6.45) is 0.391. The van der Waals surface area contributed by atoms with E-state index in [0.29, 0.717) is 17.2 Å². The molecule has 0 spiro atoms. The van der Waals surface area contributed by atoms with Crippen molar-refractivity contribution in [2.24, 2.45) is 0 Å². The molecule has 3 rings (SSSR count). The van der Waals surface area contributed by atoms with Gasteiger partial charge in [-0.1, -0.05) is 11.6 Å². The Hall–Kier alpha value is -1.36. The summed E-state index contributed by atoms with van der Waals surface area (Å²) in [5, 5.41) is 1.59. The summed E-state index contributed by atoms with van der Waals surface area (Å²) in [5.74, 6) is 0. The zero-order chi connectivity index (χ0) is 15.9. The minimum absolute atomic E-state index is 0.195. The molecule has 1 aliphatic heterocycles. The molecular weight excluding hydrogens is 302 g/mol. The molecule has 118 valence electrons. The number of ether oxygens (including phenoxy) is 1. The van der Waals surface area contributed by atoms with E-state index in [1.165, 1.54) is 0 Å². The van der Waals surface area contributed by atoms with Gasteiger partial charge in [0.05, 0.1) is 12.2 Å². The van der Waals surface area contributed by atoms with E-state index in [2.05, 4.69) is 18.7 Å². The van der Waals surface area contributed by atoms with Crippen LogP contribution in [0.1, 0.15) is 25.0 Å². The van der Waals surface area contributed by atoms with Gasteiger partial charge in [0.15, 0.2) is 0 Å². The molecule has 1 saturated heterocycles. The van der Waals surface area contributed by atoms with Crippen LogP contribution in [0.2, 0.25) is 5.02 Å². The molecule has 2 atom stereocenters. The van der Waals surface area contributed by atoms with E-state index in [-0.39, 0.29) is 17.8 Å². The fourth-order valence-corrected chi connectivity index (χ4v) is 3.30. The molecule has 0 aliphatic carbocycles. The Balaban J connectivity index is 1.99. The molecule has 1 aliphatic rings. The second-order valence-corrected chi connectivity index (χ2v) is 6.55. The predicted molar refractivity (Wildman–Crippen MR) is 87.5 cm³/mol. The molecular formula is C17H20ClNO3. The van der Waals surface area contributed by atoms with Crippen LogP contribution in [0.3, 0.4) is 0 Å². The first-order chi connectivity index (χ1) is 10.4. The van der Waals surface area contributed by atoms with Crippen LogP contribution in [0.4, 0.5) is 0 Å². The van der Waals surface area contributed by atoms with Gasteiger partial charge in [-0.25, -0.2) is 4.79 Å². The summed E-state index contributed by atoms with van der Waals surface area (Å²) in [6.45, 7) is 8.44. The van der Waals surface area contributed by atoms with E-state index >= 15 is 0 Å². The highest BCUT2D eigenvalue weighted by Crippen LogP contribution is 2.26. The van der Waals surface area contributed by atoms with Crippen LogP contribution in [0.5, 0.6) is 0 Å². The molecule has 0 radical (unpaired) electrons. The van der Waals surface area contributed by atoms with Crippen LogP contribution < -0.4 is 5.63 Å². The molecule has 0 amide bonds. The number of hydrogen-bond acceptors (Lipinski definition) is 4. The first kappa shape index (κ1) is 15.5. The standard InChI is InChI=1S/C17H20ClNO3/c1-10-4-16-14(6-15(10)18)13(5-17(20)22-16)9-19-7-11(2)21-12(3)8-19/h4-6,11-12H,7-9H2,1-3H3/t11-,12-/m1/s1. The van der Waals surface area contributed by atoms with Gasteiger partial charge in [0, 0.05) is 36.1 Å². The predicted octanol–water partition coefficient (Wildman–Crippen LogP) is 3.36. The van der Waals surface area contributed by atoms with Gasteiger partial charge in [-0.2, -0.15) is 0 Å². The number of rotatable bonds is 2. The summed E-state index contributed by atoms with van der Waals surface area (Å²) in [5.41, 5.74) is 2.13. The third-order valence-electron chi connectivity index (χ3n) is 4.00. The van der Waals surface area contributed by atoms with Crippen molar-refractivity contribution in [3.8, 4) is 0 Å². The van der Waals surface area contributed by atoms with Gasteiger partial charge in [0.2, 0.25) is 0 Å². The van der Waals surface area contributed by atoms with Gasteiger partial charge in [-0.3, -0.25) is 4.90 Å². The van der Waals surface area contributed by atoms with Crippen molar-refractivity contribution in [1.29, 1.82) is 0 Å². The van der Waals surface area contributed by atoms with Crippen LogP contribution in [-0.4, -0.2) is 30.2 Å². The van der Waals surface area contributed by atoms with Gasteiger partial charge in [0.1, 0.15) is 5.58 Å². The maximum absolute atomic E-state index is 11.8. The summed E-state index contributed by atoms with van der Waals surface area (Å²) in [7, 11) is 0. The molecule has 2 heterocycles. The Morgan fingerprint density at radius 3 is 2.59 bits per heavy atom.